The number of hydrogen-bond donors (Lipinski definition) is 1. The lowest BCUT2D eigenvalue weighted by Crippen LogP contribution is -2.13. The number of amides is 1. The maximum Gasteiger partial charge on any atom is 0.234 e. The van der Waals surface area contributed by atoms with Crippen molar-refractivity contribution in [2.75, 3.05) is 11.1 Å². The van der Waals surface area contributed by atoms with Crippen molar-refractivity contribution < 1.29 is 4.79 Å². The monoisotopic (exact) mass is 291 g/mol. The number of rotatable bonds is 5. The minimum Gasteiger partial charge on any atom is -0.325 e. The van der Waals surface area contributed by atoms with Gasteiger partial charge in [-0.3, -0.25) is 4.79 Å². The molecule has 0 aliphatic heterocycles. The number of halogens is 1. The predicted molar refractivity (Wildman–Crippen MR) is 82.7 cm³/mol. The van der Waals surface area contributed by atoms with Crippen LogP contribution < -0.4 is 5.32 Å². The van der Waals surface area contributed by atoms with Crippen molar-refractivity contribution in [2.24, 2.45) is 0 Å². The Labute approximate surface area is 122 Å². The largest absolute Gasteiger partial charge is 0.325 e. The van der Waals surface area contributed by atoms with Gasteiger partial charge in [-0.25, -0.2) is 0 Å². The van der Waals surface area contributed by atoms with Gasteiger partial charge in [0.1, 0.15) is 0 Å². The highest BCUT2D eigenvalue weighted by molar-refractivity contribution is 7.99. The molecule has 2 aromatic rings. The molecule has 0 saturated heterocycles. The van der Waals surface area contributed by atoms with Gasteiger partial charge in [0.25, 0.3) is 0 Å². The number of carbonyl (C=O) groups is 1. The molecule has 0 aliphatic rings. The Hall–Kier alpha value is -1.45. The summed E-state index contributed by atoms with van der Waals surface area (Å²) < 4.78 is 0. The van der Waals surface area contributed by atoms with Gasteiger partial charge in [0.05, 0.1) is 5.75 Å². The number of hydrogen-bond acceptors (Lipinski definition) is 2. The molecule has 0 aromatic heterocycles. The van der Waals surface area contributed by atoms with E-state index in [1.807, 2.05) is 54.6 Å². The second-order valence-electron chi connectivity index (χ2n) is 4.03. The minimum absolute atomic E-state index is 0.0187. The second kappa shape index (κ2) is 7.22. The molecule has 0 aliphatic carbocycles. The van der Waals surface area contributed by atoms with Crippen molar-refractivity contribution in [2.45, 2.75) is 5.75 Å². The van der Waals surface area contributed by atoms with Gasteiger partial charge in [0.2, 0.25) is 5.91 Å². The number of nitrogens with one attached hydrogen (secondary N) is 1. The van der Waals surface area contributed by atoms with Crippen molar-refractivity contribution in [3.05, 3.63) is 65.2 Å². The van der Waals surface area contributed by atoms with Crippen LogP contribution in [-0.4, -0.2) is 11.7 Å². The quantitative estimate of drug-likeness (QED) is 0.894. The lowest BCUT2D eigenvalue weighted by molar-refractivity contribution is -0.113. The SMILES string of the molecule is O=C(CSCc1ccc(Cl)cc1)Nc1ccccc1. The molecule has 19 heavy (non-hydrogen) atoms. The lowest BCUT2D eigenvalue weighted by Gasteiger charge is -2.05. The summed E-state index contributed by atoms with van der Waals surface area (Å²) in [6.45, 7) is 0. The van der Waals surface area contributed by atoms with E-state index in [4.69, 9.17) is 11.6 Å². The molecule has 4 heteroatoms. The first-order valence-corrected chi connectivity index (χ1v) is 7.44. The highest BCUT2D eigenvalue weighted by Crippen LogP contribution is 2.15. The molecule has 0 unspecified atom stereocenters. The molecule has 0 atom stereocenters. The van der Waals surface area contributed by atoms with Crippen molar-refractivity contribution in [3.8, 4) is 0 Å². The summed E-state index contributed by atoms with van der Waals surface area (Å²) in [6, 6.07) is 17.2. The summed E-state index contributed by atoms with van der Waals surface area (Å²) in [5, 5.41) is 3.59. The molecule has 2 rings (SSSR count). The lowest BCUT2D eigenvalue weighted by atomic mass is 10.2. The maximum absolute atomic E-state index is 11.7. The van der Waals surface area contributed by atoms with Crippen LogP contribution in [0.3, 0.4) is 0 Å². The maximum atomic E-state index is 11.7. The van der Waals surface area contributed by atoms with E-state index in [0.717, 1.165) is 16.5 Å². The van der Waals surface area contributed by atoms with E-state index in [2.05, 4.69) is 5.32 Å². The average molecular weight is 292 g/mol. The number of carbonyl (C=O) groups excluding carboxylic acids is 1. The first-order valence-electron chi connectivity index (χ1n) is 5.91. The van der Waals surface area contributed by atoms with E-state index < -0.39 is 0 Å². The van der Waals surface area contributed by atoms with Crippen LogP contribution in [0.25, 0.3) is 0 Å². The minimum atomic E-state index is 0.0187. The van der Waals surface area contributed by atoms with E-state index in [-0.39, 0.29) is 5.91 Å². The molecule has 2 aromatic carbocycles. The average Bonchev–Trinajstić information content (AvgIpc) is 2.42. The second-order valence-corrected chi connectivity index (χ2v) is 5.46. The molecule has 1 amide bonds. The first-order chi connectivity index (χ1) is 9.24. The zero-order valence-electron chi connectivity index (χ0n) is 10.3. The smallest absolute Gasteiger partial charge is 0.234 e. The molecule has 0 heterocycles. The van der Waals surface area contributed by atoms with Gasteiger partial charge in [-0.2, -0.15) is 0 Å². The third kappa shape index (κ3) is 4.97. The Morgan fingerprint density at radius 1 is 1.05 bits per heavy atom. The number of thioether (sulfide) groups is 1. The molecule has 0 bridgehead atoms. The molecule has 0 spiro atoms. The van der Waals surface area contributed by atoms with Crippen LogP contribution in [0.15, 0.2) is 54.6 Å². The van der Waals surface area contributed by atoms with Crippen LogP contribution in [0.4, 0.5) is 5.69 Å². The van der Waals surface area contributed by atoms with Crippen LogP contribution in [0, 0.1) is 0 Å². The summed E-state index contributed by atoms with van der Waals surface area (Å²) in [5.41, 5.74) is 2.00. The molecule has 2 nitrogen and oxygen atoms in total. The van der Waals surface area contributed by atoms with Crippen molar-refractivity contribution in [1.29, 1.82) is 0 Å². The van der Waals surface area contributed by atoms with Crippen molar-refractivity contribution >= 4 is 35.0 Å². The van der Waals surface area contributed by atoms with Gasteiger partial charge in [-0.1, -0.05) is 41.9 Å². The Balaban J connectivity index is 1.74. The topological polar surface area (TPSA) is 29.1 Å². The molecule has 0 saturated carbocycles. The van der Waals surface area contributed by atoms with E-state index in [1.165, 1.54) is 5.56 Å². The highest BCUT2D eigenvalue weighted by atomic mass is 35.5. The molecule has 0 radical (unpaired) electrons. The van der Waals surface area contributed by atoms with Crippen LogP contribution in [0.5, 0.6) is 0 Å². The fourth-order valence-electron chi connectivity index (χ4n) is 1.56. The fraction of sp³-hybridized carbons (Fsp3) is 0.133. The van der Waals surface area contributed by atoms with Gasteiger partial charge in [0.15, 0.2) is 0 Å². The third-order valence-corrected chi connectivity index (χ3v) is 3.73. The van der Waals surface area contributed by atoms with Gasteiger partial charge in [0, 0.05) is 16.5 Å². The normalized spacial score (nSPS) is 10.2. The Morgan fingerprint density at radius 2 is 1.74 bits per heavy atom. The zero-order valence-corrected chi connectivity index (χ0v) is 11.9. The van der Waals surface area contributed by atoms with Crippen LogP contribution >= 0.6 is 23.4 Å². The van der Waals surface area contributed by atoms with E-state index in [9.17, 15) is 4.79 Å². The van der Waals surface area contributed by atoms with Crippen LogP contribution in [-0.2, 0) is 10.5 Å². The molecule has 0 fully saturated rings. The zero-order chi connectivity index (χ0) is 13.5. The fourth-order valence-corrected chi connectivity index (χ4v) is 2.47. The third-order valence-electron chi connectivity index (χ3n) is 2.47. The van der Waals surface area contributed by atoms with Crippen molar-refractivity contribution in [1.82, 2.24) is 0 Å². The summed E-state index contributed by atoms with van der Waals surface area (Å²) in [6.07, 6.45) is 0. The molecule has 98 valence electrons. The summed E-state index contributed by atoms with van der Waals surface area (Å²) in [4.78, 5) is 11.7. The van der Waals surface area contributed by atoms with E-state index in [1.54, 1.807) is 11.8 Å². The standard InChI is InChI=1S/C15H14ClNOS/c16-13-8-6-12(7-9-13)10-19-11-15(18)17-14-4-2-1-3-5-14/h1-9H,10-11H2,(H,17,18). The Bertz CT molecular complexity index is 528. The summed E-state index contributed by atoms with van der Waals surface area (Å²) in [7, 11) is 0. The van der Waals surface area contributed by atoms with Crippen molar-refractivity contribution in [3.63, 3.8) is 0 Å². The van der Waals surface area contributed by atoms with E-state index >= 15 is 0 Å². The number of para-hydroxylation sites is 1. The molecular formula is C15H14ClNOS. The first kappa shape index (κ1) is 14.0. The predicted octanol–water partition coefficient (Wildman–Crippen LogP) is 4.21. The summed E-state index contributed by atoms with van der Waals surface area (Å²) in [5.74, 6) is 1.27. The highest BCUT2D eigenvalue weighted by Gasteiger charge is 2.02. The van der Waals surface area contributed by atoms with Gasteiger partial charge in [-0.15, -0.1) is 11.8 Å². The molecular weight excluding hydrogens is 278 g/mol. The number of benzene rings is 2. The van der Waals surface area contributed by atoms with Crippen LogP contribution in [0.2, 0.25) is 5.02 Å². The number of anilines is 1. The summed E-state index contributed by atoms with van der Waals surface area (Å²) >= 11 is 7.40. The Morgan fingerprint density at radius 3 is 2.42 bits per heavy atom. The van der Waals surface area contributed by atoms with Gasteiger partial charge in [-0.05, 0) is 29.8 Å². The van der Waals surface area contributed by atoms with E-state index in [0.29, 0.717) is 5.75 Å². The van der Waals surface area contributed by atoms with Crippen LogP contribution in [0.1, 0.15) is 5.56 Å². The Kier molecular flexibility index (Phi) is 5.31. The molecule has 1 N–H and O–H groups in total. The van der Waals surface area contributed by atoms with Gasteiger partial charge < -0.3 is 5.32 Å². The van der Waals surface area contributed by atoms with Gasteiger partial charge >= 0.3 is 0 Å².